The Bertz CT molecular complexity index is 3230. The van der Waals surface area contributed by atoms with Gasteiger partial charge in [-0.25, -0.2) is 0 Å². The molecule has 3 heteroatoms. The van der Waals surface area contributed by atoms with Gasteiger partial charge in [0.15, 0.2) is 8.07 Å². The van der Waals surface area contributed by atoms with Gasteiger partial charge in [0.1, 0.15) is 0 Å². The molecule has 0 bridgehead atoms. The number of para-hydroxylation sites is 4. The average molecular weight is 673 g/mol. The zero-order valence-corrected chi connectivity index (χ0v) is 28.3. The van der Waals surface area contributed by atoms with Gasteiger partial charge in [-0.05, 0) is 80.4 Å². The Morgan fingerprint density at radius 2 is 0.804 bits per heavy atom. The summed E-state index contributed by atoms with van der Waals surface area (Å²) in [5.74, 6) is 0. The second-order valence-corrected chi connectivity index (χ2v) is 16.8. The average Bonchev–Trinajstić information content (AvgIpc) is 3.92. The van der Waals surface area contributed by atoms with Crippen molar-refractivity contribution in [1.82, 2.24) is 9.13 Å². The predicted molar refractivity (Wildman–Crippen MR) is 218 cm³/mol. The number of aromatic nitrogens is 2. The second-order valence-electron chi connectivity index (χ2n) is 13.1. The van der Waals surface area contributed by atoms with E-state index in [1.807, 2.05) is 81.9 Å². The number of benzene rings is 8. The Kier molecular flexibility index (Phi) is 4.57. The first kappa shape index (κ1) is 21.6. The number of rotatable bonds is 4. The molecule has 0 amide bonds. The summed E-state index contributed by atoms with van der Waals surface area (Å²) in [7, 11) is -3.20. The van der Waals surface area contributed by atoms with Gasteiger partial charge in [-0.15, -0.1) is 0 Å². The minimum absolute atomic E-state index is 0.0664. The summed E-state index contributed by atoms with van der Waals surface area (Å²) in [6, 6.07) is 48.0. The molecule has 0 aliphatic carbocycles. The van der Waals surface area contributed by atoms with Crippen LogP contribution in [0.25, 0.3) is 66.1 Å². The molecule has 2 nitrogen and oxygen atoms in total. The molecule has 1 aliphatic heterocycles. The van der Waals surface area contributed by atoms with Crippen molar-refractivity contribution in [2.75, 3.05) is 0 Å². The third-order valence-corrected chi connectivity index (χ3v) is 15.5. The molecule has 238 valence electrons. The summed E-state index contributed by atoms with van der Waals surface area (Å²) in [6.45, 7) is 0. The van der Waals surface area contributed by atoms with Crippen LogP contribution in [0.15, 0.2) is 194 Å². The van der Waals surface area contributed by atoms with Gasteiger partial charge in [-0.3, -0.25) is 0 Å². The molecule has 0 N–H and O–H groups in total. The van der Waals surface area contributed by atoms with Gasteiger partial charge in [0.25, 0.3) is 0 Å². The van der Waals surface area contributed by atoms with E-state index in [1.165, 1.54) is 10.4 Å². The smallest absolute Gasteiger partial charge is 0.181 e. The van der Waals surface area contributed by atoms with E-state index in [2.05, 4.69) is 72.8 Å². The molecule has 51 heavy (non-hydrogen) atoms. The van der Waals surface area contributed by atoms with E-state index in [0.717, 1.165) is 54.7 Å². The first-order chi connectivity index (χ1) is 28.6. The summed E-state index contributed by atoms with van der Waals surface area (Å²) in [4.78, 5) is 0. The molecule has 2 aromatic heterocycles. The zero-order valence-electron chi connectivity index (χ0n) is 35.3. The fourth-order valence-electron chi connectivity index (χ4n) is 8.65. The maximum atomic E-state index is 9.14. The van der Waals surface area contributed by atoms with Crippen molar-refractivity contribution in [1.29, 1.82) is 0 Å². The monoisotopic (exact) mass is 672 g/mol. The van der Waals surface area contributed by atoms with Gasteiger partial charge in [-0.1, -0.05) is 145 Å². The molecule has 0 saturated carbocycles. The summed E-state index contributed by atoms with van der Waals surface area (Å²) in [6.07, 6.45) is 0. The molecule has 0 atom stereocenters. The molecule has 0 spiro atoms. The van der Waals surface area contributed by atoms with Crippen LogP contribution in [-0.2, 0) is 0 Å². The van der Waals surface area contributed by atoms with E-state index < -0.39 is 8.07 Å². The van der Waals surface area contributed by atoms with Crippen molar-refractivity contribution in [3.63, 3.8) is 0 Å². The Morgan fingerprint density at radius 3 is 1.31 bits per heavy atom. The first-order valence-electron chi connectivity index (χ1n) is 21.0. The quantitative estimate of drug-likeness (QED) is 0.165. The standard InChI is InChI=1S/C48H32N2Si/c1-7-25-43-37(19-1)38-20-2-8-26-44(38)49(43)33-15-13-17-35(31-33)51(47-29-11-5-23-41(47)42-24-6-12-30-48(42)51)36-18-14-16-34(32-36)50-45-27-9-3-21-39(45)40-22-4-10-28-46(40)50/h1-32H/i1D,3D,7D,9D,19D,21D,25D,27D. The maximum Gasteiger partial charge on any atom is 0.181 e. The minimum Gasteiger partial charge on any atom is -0.309 e. The lowest BCUT2D eigenvalue weighted by atomic mass is 10.1. The fraction of sp³-hybridized carbons (Fsp3) is 0. The summed E-state index contributed by atoms with van der Waals surface area (Å²) in [5.41, 5.74) is 6.29. The van der Waals surface area contributed by atoms with Gasteiger partial charge < -0.3 is 9.13 Å². The van der Waals surface area contributed by atoms with Crippen molar-refractivity contribution in [2.45, 2.75) is 0 Å². The largest absolute Gasteiger partial charge is 0.309 e. The third-order valence-electron chi connectivity index (χ3n) is 10.6. The molecule has 0 saturated heterocycles. The Hall–Kier alpha value is -6.42. The van der Waals surface area contributed by atoms with Gasteiger partial charge >= 0.3 is 0 Å². The van der Waals surface area contributed by atoms with Gasteiger partial charge in [0.05, 0.1) is 33.0 Å². The maximum absolute atomic E-state index is 9.14. The van der Waals surface area contributed by atoms with Crippen LogP contribution in [0, 0.1) is 0 Å². The van der Waals surface area contributed by atoms with Gasteiger partial charge in [-0.2, -0.15) is 0 Å². The highest BCUT2D eigenvalue weighted by Gasteiger charge is 2.48. The van der Waals surface area contributed by atoms with E-state index >= 15 is 0 Å². The minimum atomic E-state index is -3.20. The topological polar surface area (TPSA) is 9.86 Å². The molecular weight excluding hydrogens is 633 g/mol. The van der Waals surface area contributed by atoms with Crippen LogP contribution in [0.4, 0.5) is 0 Å². The van der Waals surface area contributed by atoms with Gasteiger partial charge in [0, 0.05) is 32.9 Å². The van der Waals surface area contributed by atoms with Crippen LogP contribution in [0.5, 0.6) is 0 Å². The van der Waals surface area contributed by atoms with Crippen molar-refractivity contribution < 1.29 is 11.0 Å². The van der Waals surface area contributed by atoms with Gasteiger partial charge in [0.2, 0.25) is 0 Å². The summed E-state index contributed by atoms with van der Waals surface area (Å²) in [5, 5.41) is 7.06. The van der Waals surface area contributed by atoms with Crippen LogP contribution >= 0.6 is 0 Å². The Labute approximate surface area is 308 Å². The highest BCUT2D eigenvalue weighted by Crippen LogP contribution is 2.35. The molecule has 3 heterocycles. The van der Waals surface area contributed by atoms with Crippen LogP contribution in [0.3, 0.4) is 0 Å². The highest BCUT2D eigenvalue weighted by molar-refractivity contribution is 7.22. The Morgan fingerprint density at radius 1 is 0.373 bits per heavy atom. The lowest BCUT2D eigenvalue weighted by molar-refractivity contribution is 1.18. The van der Waals surface area contributed by atoms with Crippen molar-refractivity contribution in [3.05, 3.63) is 194 Å². The van der Waals surface area contributed by atoms with E-state index in [4.69, 9.17) is 11.0 Å². The molecule has 8 aromatic carbocycles. The lowest BCUT2D eigenvalue weighted by Gasteiger charge is -2.32. The van der Waals surface area contributed by atoms with E-state index in [9.17, 15) is 0 Å². The number of nitrogens with zero attached hydrogens (tertiary/aromatic N) is 2. The molecule has 11 rings (SSSR count). The number of hydrogen-bond donors (Lipinski definition) is 0. The van der Waals surface area contributed by atoms with Crippen LogP contribution < -0.4 is 20.7 Å². The van der Waals surface area contributed by atoms with Crippen LogP contribution in [0.1, 0.15) is 11.0 Å². The first-order valence-corrected chi connectivity index (χ1v) is 19.0. The number of fused-ring (bicyclic) bond motifs is 9. The van der Waals surface area contributed by atoms with Crippen molar-refractivity contribution in [2.24, 2.45) is 0 Å². The SMILES string of the molecule is [2H]c1c([2H])c([2H])c2c(c1[2H])c1ccccc1n2-c1cccc([Si]2(c3cccc(-n4c5ccccc5c5c([2H])c([2H])c([2H])c([2H])c54)c3)c3ccccc3-c3ccccc32)c1. The molecular formula is C48H32N2Si. The third kappa shape index (κ3) is 3.87. The molecule has 0 radical (unpaired) electrons. The van der Waals surface area contributed by atoms with E-state index in [0.29, 0.717) is 21.8 Å². The Balaban J connectivity index is 1.24. The fourth-order valence-corrected chi connectivity index (χ4v) is 13.9. The van der Waals surface area contributed by atoms with Crippen LogP contribution in [-0.4, -0.2) is 17.2 Å². The zero-order chi connectivity index (χ0) is 40.5. The van der Waals surface area contributed by atoms with E-state index in [-0.39, 0.29) is 48.3 Å². The molecule has 0 fully saturated rings. The summed E-state index contributed by atoms with van der Waals surface area (Å²) < 4.78 is 74.5. The normalized spacial score (nSPS) is 15.5. The molecule has 10 aromatic rings. The van der Waals surface area contributed by atoms with E-state index in [1.54, 1.807) is 0 Å². The molecule has 1 aliphatic rings. The number of hydrogen-bond acceptors (Lipinski definition) is 0. The predicted octanol–water partition coefficient (Wildman–Crippen LogP) is 9.24. The van der Waals surface area contributed by atoms with Crippen molar-refractivity contribution >= 4 is 72.4 Å². The molecule has 0 unspecified atom stereocenters. The van der Waals surface area contributed by atoms with Crippen molar-refractivity contribution in [3.8, 4) is 22.5 Å². The van der Waals surface area contributed by atoms with Crippen LogP contribution in [0.2, 0.25) is 0 Å². The second kappa shape index (κ2) is 10.8. The lowest BCUT2D eigenvalue weighted by Crippen LogP contribution is -2.72. The highest BCUT2D eigenvalue weighted by atomic mass is 28.3. The summed E-state index contributed by atoms with van der Waals surface area (Å²) >= 11 is 0.